The van der Waals surface area contributed by atoms with Gasteiger partial charge in [0.25, 0.3) is 0 Å². The standard InChI is InChI=1S/C23H28N2O3S/c1-18-9-11-21(12-10-18)29(27,28)24-16-13-20(14-17-24)23(26)25-15-5-8-22(25)19-6-3-2-4-7-19/h2-4,6-7,9-12,20,22H,5,8,13-17H2,1H3. The number of hydrogen-bond donors (Lipinski definition) is 0. The molecule has 2 fully saturated rings. The molecule has 1 amide bonds. The van der Waals surface area contributed by atoms with E-state index in [1.54, 1.807) is 12.1 Å². The summed E-state index contributed by atoms with van der Waals surface area (Å²) in [5.74, 6) is 0.0903. The molecule has 2 aliphatic heterocycles. The molecule has 2 saturated heterocycles. The third kappa shape index (κ3) is 4.09. The van der Waals surface area contributed by atoms with Crippen LogP contribution in [-0.2, 0) is 14.8 Å². The zero-order valence-electron chi connectivity index (χ0n) is 16.8. The Balaban J connectivity index is 1.41. The minimum atomic E-state index is -3.49. The van der Waals surface area contributed by atoms with Crippen molar-refractivity contribution in [3.63, 3.8) is 0 Å². The summed E-state index contributed by atoms with van der Waals surface area (Å²) < 4.78 is 27.3. The second-order valence-corrected chi connectivity index (χ2v) is 10.0. The van der Waals surface area contributed by atoms with Gasteiger partial charge in [-0.3, -0.25) is 4.79 Å². The van der Waals surface area contributed by atoms with Gasteiger partial charge in [-0.2, -0.15) is 4.31 Å². The van der Waals surface area contributed by atoms with Gasteiger partial charge in [-0.25, -0.2) is 8.42 Å². The van der Waals surface area contributed by atoms with Crippen LogP contribution in [0.25, 0.3) is 0 Å². The number of amides is 1. The lowest BCUT2D eigenvalue weighted by Crippen LogP contribution is -2.44. The first-order valence-electron chi connectivity index (χ1n) is 10.4. The Hall–Kier alpha value is -2.18. The summed E-state index contributed by atoms with van der Waals surface area (Å²) in [7, 11) is -3.49. The molecular formula is C23H28N2O3S. The van der Waals surface area contributed by atoms with Gasteiger partial charge >= 0.3 is 0 Å². The Morgan fingerprint density at radius 1 is 0.897 bits per heavy atom. The molecule has 6 heteroatoms. The lowest BCUT2D eigenvalue weighted by molar-refractivity contribution is -0.137. The van der Waals surface area contributed by atoms with E-state index in [0.29, 0.717) is 30.8 Å². The van der Waals surface area contributed by atoms with E-state index in [9.17, 15) is 13.2 Å². The predicted molar refractivity (Wildman–Crippen MR) is 113 cm³/mol. The van der Waals surface area contributed by atoms with Crippen LogP contribution >= 0.6 is 0 Å². The van der Waals surface area contributed by atoms with Gasteiger partial charge < -0.3 is 4.90 Å². The van der Waals surface area contributed by atoms with Crippen LogP contribution in [0.2, 0.25) is 0 Å². The number of rotatable bonds is 4. The van der Waals surface area contributed by atoms with E-state index in [4.69, 9.17) is 0 Å². The van der Waals surface area contributed by atoms with Crippen LogP contribution in [0.1, 0.15) is 42.9 Å². The largest absolute Gasteiger partial charge is 0.335 e. The zero-order chi connectivity index (χ0) is 20.4. The summed E-state index contributed by atoms with van der Waals surface area (Å²) in [6, 6.07) is 17.3. The van der Waals surface area contributed by atoms with Gasteiger partial charge in [-0.1, -0.05) is 48.0 Å². The Labute approximate surface area is 173 Å². The molecule has 0 aromatic heterocycles. The molecule has 4 rings (SSSR count). The maximum atomic E-state index is 13.2. The topological polar surface area (TPSA) is 57.7 Å². The number of sulfonamides is 1. The quantitative estimate of drug-likeness (QED) is 0.768. The van der Waals surface area contributed by atoms with Crippen molar-refractivity contribution < 1.29 is 13.2 Å². The molecule has 0 bridgehead atoms. The van der Waals surface area contributed by atoms with E-state index in [2.05, 4.69) is 12.1 Å². The molecule has 29 heavy (non-hydrogen) atoms. The molecule has 2 aromatic rings. The predicted octanol–water partition coefficient (Wildman–Crippen LogP) is 3.76. The number of hydrogen-bond acceptors (Lipinski definition) is 3. The highest BCUT2D eigenvalue weighted by Gasteiger charge is 2.37. The van der Waals surface area contributed by atoms with Crippen molar-refractivity contribution in [3.05, 3.63) is 65.7 Å². The molecule has 0 spiro atoms. The smallest absolute Gasteiger partial charge is 0.243 e. The third-order valence-corrected chi connectivity index (χ3v) is 8.10. The van der Waals surface area contributed by atoms with E-state index in [-0.39, 0.29) is 17.9 Å². The van der Waals surface area contributed by atoms with Crippen LogP contribution in [-0.4, -0.2) is 43.2 Å². The number of benzene rings is 2. The normalized spacial score (nSPS) is 21.4. The van der Waals surface area contributed by atoms with Crippen molar-refractivity contribution in [1.29, 1.82) is 0 Å². The van der Waals surface area contributed by atoms with Crippen LogP contribution in [0.5, 0.6) is 0 Å². The Bertz CT molecular complexity index is 949. The number of nitrogens with zero attached hydrogens (tertiary/aromatic N) is 2. The van der Waals surface area contributed by atoms with Crippen molar-refractivity contribution >= 4 is 15.9 Å². The second-order valence-electron chi connectivity index (χ2n) is 8.09. The molecule has 154 valence electrons. The summed E-state index contributed by atoms with van der Waals surface area (Å²) in [6.07, 6.45) is 3.19. The number of aryl methyl sites for hydroxylation is 1. The number of carbonyl (C=O) groups excluding carboxylic acids is 1. The first-order chi connectivity index (χ1) is 14.0. The zero-order valence-corrected chi connectivity index (χ0v) is 17.6. The van der Waals surface area contributed by atoms with E-state index >= 15 is 0 Å². The van der Waals surface area contributed by atoms with Gasteiger partial charge in [-0.15, -0.1) is 0 Å². The maximum Gasteiger partial charge on any atom is 0.243 e. The fourth-order valence-electron chi connectivity index (χ4n) is 4.49. The molecular weight excluding hydrogens is 384 g/mol. The molecule has 0 radical (unpaired) electrons. The first-order valence-corrected chi connectivity index (χ1v) is 11.8. The van der Waals surface area contributed by atoms with Crippen molar-refractivity contribution in [1.82, 2.24) is 9.21 Å². The number of likely N-dealkylation sites (tertiary alicyclic amines) is 1. The average molecular weight is 413 g/mol. The van der Waals surface area contributed by atoms with E-state index in [1.165, 1.54) is 9.87 Å². The van der Waals surface area contributed by atoms with Crippen molar-refractivity contribution in [3.8, 4) is 0 Å². The average Bonchev–Trinajstić information content (AvgIpc) is 3.24. The molecule has 2 aliphatic rings. The van der Waals surface area contributed by atoms with Crippen molar-refractivity contribution in [2.45, 2.75) is 43.5 Å². The highest BCUT2D eigenvalue weighted by atomic mass is 32.2. The van der Waals surface area contributed by atoms with Crippen molar-refractivity contribution in [2.24, 2.45) is 5.92 Å². The fraction of sp³-hybridized carbons (Fsp3) is 0.435. The van der Waals surface area contributed by atoms with Crippen LogP contribution < -0.4 is 0 Å². The monoisotopic (exact) mass is 412 g/mol. The molecule has 2 heterocycles. The molecule has 0 saturated carbocycles. The highest BCUT2D eigenvalue weighted by Crippen LogP contribution is 2.35. The SMILES string of the molecule is Cc1ccc(S(=O)(=O)N2CCC(C(=O)N3CCCC3c3ccccc3)CC2)cc1. The molecule has 0 N–H and O–H groups in total. The summed E-state index contributed by atoms with van der Waals surface area (Å²) in [5.41, 5.74) is 2.23. The van der Waals surface area contributed by atoms with E-state index in [0.717, 1.165) is 24.9 Å². The van der Waals surface area contributed by atoms with E-state index in [1.807, 2.05) is 42.2 Å². The lowest BCUT2D eigenvalue weighted by atomic mass is 9.95. The van der Waals surface area contributed by atoms with Gasteiger partial charge in [0.2, 0.25) is 15.9 Å². The van der Waals surface area contributed by atoms with Crippen LogP contribution in [0.4, 0.5) is 0 Å². The van der Waals surface area contributed by atoms with Crippen LogP contribution in [0, 0.1) is 12.8 Å². The van der Waals surface area contributed by atoms with Gasteiger partial charge in [0, 0.05) is 25.6 Å². The highest BCUT2D eigenvalue weighted by molar-refractivity contribution is 7.89. The Kier molecular flexibility index (Phi) is 5.74. The Morgan fingerprint density at radius 3 is 2.21 bits per heavy atom. The summed E-state index contributed by atoms with van der Waals surface area (Å²) in [6.45, 7) is 3.53. The van der Waals surface area contributed by atoms with E-state index < -0.39 is 10.0 Å². The van der Waals surface area contributed by atoms with Gasteiger partial charge in [-0.05, 0) is 50.3 Å². The first kappa shape index (κ1) is 20.1. The lowest BCUT2D eigenvalue weighted by Gasteiger charge is -2.34. The minimum absolute atomic E-state index is 0.0937. The van der Waals surface area contributed by atoms with Crippen LogP contribution in [0.15, 0.2) is 59.5 Å². The summed E-state index contributed by atoms with van der Waals surface area (Å²) >= 11 is 0. The third-order valence-electron chi connectivity index (χ3n) is 6.18. The number of piperidine rings is 1. The number of carbonyl (C=O) groups is 1. The molecule has 2 aromatic carbocycles. The van der Waals surface area contributed by atoms with Crippen LogP contribution in [0.3, 0.4) is 0 Å². The van der Waals surface area contributed by atoms with Crippen molar-refractivity contribution in [2.75, 3.05) is 19.6 Å². The minimum Gasteiger partial charge on any atom is -0.335 e. The Morgan fingerprint density at radius 2 is 1.55 bits per heavy atom. The fourth-order valence-corrected chi connectivity index (χ4v) is 5.96. The van der Waals surface area contributed by atoms with Gasteiger partial charge in [0.05, 0.1) is 10.9 Å². The molecule has 1 unspecified atom stereocenters. The molecule has 1 atom stereocenters. The van der Waals surface area contributed by atoms with Gasteiger partial charge in [0.1, 0.15) is 0 Å². The summed E-state index contributed by atoms with van der Waals surface area (Å²) in [4.78, 5) is 15.6. The van der Waals surface area contributed by atoms with Gasteiger partial charge in [0.15, 0.2) is 0 Å². The maximum absolute atomic E-state index is 13.2. The second kappa shape index (κ2) is 8.28. The molecule has 5 nitrogen and oxygen atoms in total. The summed E-state index contributed by atoms with van der Waals surface area (Å²) in [5, 5.41) is 0. The molecule has 0 aliphatic carbocycles.